The van der Waals surface area contributed by atoms with Crippen molar-refractivity contribution >= 4 is 33.9 Å². The number of aliphatic imine (C=N–C) groups is 1. The number of rotatable bonds is 8. The third kappa shape index (κ3) is 4.53. The van der Waals surface area contributed by atoms with Crippen LogP contribution in [0.2, 0.25) is 0 Å². The van der Waals surface area contributed by atoms with Crippen molar-refractivity contribution in [2.45, 2.75) is 39.3 Å². The number of carbonyl (C=O) groups is 2. The molecule has 1 fully saturated rings. The van der Waals surface area contributed by atoms with Crippen LogP contribution in [0.4, 0.5) is 4.79 Å². The monoisotopic (exact) mass is 404 g/mol. The van der Waals surface area contributed by atoms with E-state index in [-0.39, 0.29) is 23.9 Å². The van der Waals surface area contributed by atoms with Crippen LogP contribution in [-0.4, -0.2) is 58.8 Å². The van der Waals surface area contributed by atoms with Crippen LogP contribution in [0.15, 0.2) is 21.9 Å². The summed E-state index contributed by atoms with van der Waals surface area (Å²) in [4.78, 5) is 33.6. The van der Waals surface area contributed by atoms with Gasteiger partial charge in [0.05, 0.1) is 5.70 Å². The molecule has 0 unspecified atom stereocenters. The Morgan fingerprint density at radius 1 is 1.52 bits per heavy atom. The van der Waals surface area contributed by atoms with Crippen molar-refractivity contribution in [3.8, 4) is 0 Å². The number of hydroxylamine groups is 2. The number of hydrazine groups is 1. The van der Waals surface area contributed by atoms with Gasteiger partial charge in [0.2, 0.25) is 0 Å². The fourth-order valence-electron chi connectivity index (χ4n) is 2.16. The highest BCUT2D eigenvalue weighted by Crippen LogP contribution is 2.32. The Morgan fingerprint density at radius 3 is 2.67 bits per heavy atom. The van der Waals surface area contributed by atoms with E-state index >= 15 is 0 Å². The normalized spacial score (nSPS) is 19.4. The first-order valence-electron chi connectivity index (χ1n) is 7.83. The number of amidine groups is 1. The lowest BCUT2D eigenvalue weighted by molar-refractivity contribution is -0.225. The van der Waals surface area contributed by atoms with Crippen molar-refractivity contribution in [3.63, 3.8) is 0 Å². The van der Waals surface area contributed by atoms with E-state index in [2.05, 4.69) is 19.9 Å². The Balaban J connectivity index is 2.16. The number of urea groups is 1. The van der Waals surface area contributed by atoms with Crippen LogP contribution in [0.3, 0.4) is 0 Å². The molecule has 13 nitrogen and oxygen atoms in total. The molecule has 3 amide bonds. The lowest BCUT2D eigenvalue weighted by Crippen LogP contribution is -2.78. The molecule has 27 heavy (non-hydrogen) atoms. The zero-order valence-electron chi connectivity index (χ0n) is 14.9. The SMILES string of the molecule is CCCO/N=C(\C(=O)NN1C(=O)N(OS(=O)(=O)O)C1(C)C)C1=CCC(N)=N1. The molecule has 0 spiro atoms. The Labute approximate surface area is 155 Å². The van der Waals surface area contributed by atoms with E-state index in [0.29, 0.717) is 17.9 Å². The molecular formula is C13H20N6O7S. The molecule has 2 aliphatic heterocycles. The van der Waals surface area contributed by atoms with E-state index in [0.717, 1.165) is 5.01 Å². The van der Waals surface area contributed by atoms with E-state index in [4.69, 9.17) is 15.1 Å². The average molecular weight is 404 g/mol. The van der Waals surface area contributed by atoms with Crippen LogP contribution in [0, 0.1) is 0 Å². The maximum atomic E-state index is 12.6. The van der Waals surface area contributed by atoms with Gasteiger partial charge in [-0.3, -0.25) is 14.8 Å². The van der Waals surface area contributed by atoms with Crippen LogP contribution < -0.4 is 11.2 Å². The maximum Gasteiger partial charge on any atom is 0.418 e. The van der Waals surface area contributed by atoms with Crippen LogP contribution in [-0.2, 0) is 24.3 Å². The number of nitrogens with one attached hydrogen (secondary N) is 1. The number of carbonyl (C=O) groups excluding carboxylic acids is 2. The summed E-state index contributed by atoms with van der Waals surface area (Å²) in [6.07, 6.45) is 2.56. The number of amides is 3. The lowest BCUT2D eigenvalue weighted by atomic mass is 10.1. The third-order valence-corrected chi connectivity index (χ3v) is 3.81. The molecule has 150 valence electrons. The highest BCUT2D eigenvalue weighted by molar-refractivity contribution is 7.80. The Hall–Kier alpha value is -2.71. The molecule has 0 aromatic carbocycles. The van der Waals surface area contributed by atoms with Crippen LogP contribution in [0.5, 0.6) is 0 Å². The molecule has 0 atom stereocenters. The largest absolute Gasteiger partial charge is 0.418 e. The van der Waals surface area contributed by atoms with Gasteiger partial charge in [-0.2, -0.15) is 13.5 Å². The minimum atomic E-state index is -4.91. The number of nitrogens with two attached hydrogens (primary N) is 1. The van der Waals surface area contributed by atoms with E-state index in [1.807, 2.05) is 6.92 Å². The van der Waals surface area contributed by atoms with Crippen LogP contribution in [0.1, 0.15) is 33.6 Å². The Kier molecular flexibility index (Phi) is 5.72. The molecule has 0 aliphatic carbocycles. The molecule has 4 N–H and O–H groups in total. The number of hydrogen-bond acceptors (Lipinski definition) is 9. The van der Waals surface area contributed by atoms with Crippen LogP contribution in [0.25, 0.3) is 0 Å². The summed E-state index contributed by atoms with van der Waals surface area (Å²) in [6, 6.07) is -1.02. The van der Waals surface area contributed by atoms with Gasteiger partial charge < -0.3 is 10.6 Å². The van der Waals surface area contributed by atoms with Gasteiger partial charge in [0.25, 0.3) is 5.91 Å². The van der Waals surface area contributed by atoms with Crippen molar-refractivity contribution in [2.24, 2.45) is 15.9 Å². The van der Waals surface area contributed by atoms with E-state index in [1.165, 1.54) is 13.8 Å². The second-order valence-corrected chi connectivity index (χ2v) is 7.02. The number of nitrogens with zero attached hydrogens (tertiary/aromatic N) is 4. The highest BCUT2D eigenvalue weighted by atomic mass is 32.3. The zero-order valence-corrected chi connectivity index (χ0v) is 15.7. The van der Waals surface area contributed by atoms with Crippen molar-refractivity contribution in [1.82, 2.24) is 15.5 Å². The molecule has 0 saturated carbocycles. The van der Waals surface area contributed by atoms with Gasteiger partial charge in [-0.05, 0) is 26.3 Å². The van der Waals surface area contributed by atoms with Gasteiger partial charge in [0.15, 0.2) is 11.4 Å². The van der Waals surface area contributed by atoms with Gasteiger partial charge in [0, 0.05) is 6.42 Å². The number of hydrogen-bond donors (Lipinski definition) is 3. The van der Waals surface area contributed by atoms with Gasteiger partial charge in [-0.15, -0.1) is 4.28 Å². The Morgan fingerprint density at radius 2 is 2.19 bits per heavy atom. The summed E-state index contributed by atoms with van der Waals surface area (Å²) in [7, 11) is -4.91. The van der Waals surface area contributed by atoms with Crippen molar-refractivity contribution < 1.29 is 31.7 Å². The molecule has 2 aliphatic rings. The molecular weight excluding hydrogens is 384 g/mol. The quantitative estimate of drug-likeness (QED) is 0.213. The van der Waals surface area contributed by atoms with Crippen molar-refractivity contribution in [1.29, 1.82) is 0 Å². The summed E-state index contributed by atoms with van der Waals surface area (Å²) in [5, 5.41) is 4.94. The van der Waals surface area contributed by atoms with E-state index in [1.54, 1.807) is 6.08 Å². The van der Waals surface area contributed by atoms with Crippen LogP contribution >= 0.6 is 0 Å². The molecule has 2 rings (SSSR count). The van der Waals surface area contributed by atoms with Gasteiger partial charge >= 0.3 is 16.4 Å². The first-order chi connectivity index (χ1) is 12.5. The summed E-state index contributed by atoms with van der Waals surface area (Å²) >= 11 is 0. The first-order valence-corrected chi connectivity index (χ1v) is 9.19. The van der Waals surface area contributed by atoms with E-state index < -0.39 is 28.0 Å². The Bertz CT molecular complexity index is 832. The fraction of sp³-hybridized carbons (Fsp3) is 0.538. The maximum absolute atomic E-state index is 12.6. The first kappa shape index (κ1) is 20.6. The standard InChI is InChI=1S/C13H20N6O7S/c1-4-7-25-17-10(8-5-6-9(14)15-8)11(20)16-18-12(21)19(13(18,2)3)26-27(22,23)24/h5H,4,6-7H2,1-3H3,(H2,14,15)(H,16,20)(H,22,23,24)/b17-10-. The lowest BCUT2D eigenvalue weighted by Gasteiger charge is -2.52. The number of oxime groups is 1. The summed E-state index contributed by atoms with van der Waals surface area (Å²) in [5.74, 6) is -0.544. The minimum Gasteiger partial charge on any atom is -0.395 e. The third-order valence-electron chi connectivity index (χ3n) is 3.47. The smallest absolute Gasteiger partial charge is 0.395 e. The van der Waals surface area contributed by atoms with E-state index in [9.17, 15) is 18.0 Å². The van der Waals surface area contributed by atoms with Crippen molar-refractivity contribution in [3.05, 3.63) is 11.8 Å². The topological polar surface area (TPSA) is 176 Å². The molecule has 0 aromatic heterocycles. The second kappa shape index (κ2) is 7.50. The van der Waals surface area contributed by atoms with Gasteiger partial charge in [0.1, 0.15) is 12.4 Å². The molecule has 0 aromatic rings. The highest BCUT2D eigenvalue weighted by Gasteiger charge is 2.56. The summed E-state index contributed by atoms with van der Waals surface area (Å²) in [6.45, 7) is 4.85. The molecule has 2 heterocycles. The molecule has 14 heteroatoms. The second-order valence-electron chi connectivity index (χ2n) is 6.02. The minimum absolute atomic E-state index is 0.179. The van der Waals surface area contributed by atoms with Gasteiger partial charge in [-0.25, -0.2) is 14.8 Å². The molecule has 0 radical (unpaired) electrons. The van der Waals surface area contributed by atoms with Gasteiger partial charge in [-0.1, -0.05) is 12.1 Å². The summed E-state index contributed by atoms with van der Waals surface area (Å²) < 4.78 is 34.6. The molecule has 0 bridgehead atoms. The summed E-state index contributed by atoms with van der Waals surface area (Å²) in [5.41, 5.74) is 6.44. The predicted molar refractivity (Wildman–Crippen MR) is 91.9 cm³/mol. The zero-order chi connectivity index (χ0) is 20.4. The molecule has 1 saturated heterocycles. The average Bonchev–Trinajstić information content (AvgIpc) is 2.99. The predicted octanol–water partition coefficient (Wildman–Crippen LogP) is -0.347. The van der Waals surface area contributed by atoms with Crippen molar-refractivity contribution in [2.75, 3.05) is 6.61 Å². The fourth-order valence-corrected chi connectivity index (χ4v) is 2.60.